The first-order chi connectivity index (χ1) is 8.39. The fourth-order valence-electron chi connectivity index (χ4n) is 1.46. The number of carboxylic acid groups (broad SMARTS) is 1. The average molecular weight is 256 g/mol. The summed E-state index contributed by atoms with van der Waals surface area (Å²) >= 11 is 0. The number of rotatable bonds is 2. The fourth-order valence-corrected chi connectivity index (χ4v) is 1.46. The Morgan fingerprint density at radius 1 is 1.28 bits per heavy atom. The van der Waals surface area contributed by atoms with Crippen LogP contribution in [0.4, 0.5) is 13.2 Å². The second kappa shape index (κ2) is 4.17. The van der Waals surface area contributed by atoms with Crippen LogP contribution in [0.15, 0.2) is 36.7 Å². The van der Waals surface area contributed by atoms with Crippen molar-refractivity contribution in [2.75, 3.05) is 0 Å². The minimum absolute atomic E-state index is 0.0838. The summed E-state index contributed by atoms with van der Waals surface area (Å²) in [7, 11) is 0. The summed E-state index contributed by atoms with van der Waals surface area (Å²) in [5, 5.41) is 12.5. The third-order valence-corrected chi connectivity index (χ3v) is 2.29. The second-order valence-corrected chi connectivity index (χ2v) is 3.49. The average Bonchev–Trinajstić information content (AvgIpc) is 2.77. The first kappa shape index (κ1) is 12.2. The molecule has 0 aliphatic rings. The normalized spacial score (nSPS) is 11.5. The molecule has 1 aromatic carbocycles. The Kier molecular flexibility index (Phi) is 2.82. The van der Waals surface area contributed by atoms with Crippen LogP contribution < -0.4 is 0 Å². The van der Waals surface area contributed by atoms with Gasteiger partial charge in [0.05, 0.1) is 23.0 Å². The Morgan fingerprint density at radius 2 is 1.94 bits per heavy atom. The Hall–Kier alpha value is -2.31. The SMILES string of the molecule is O=C(O)c1ccccc1-n1cc(C(F)(F)F)cn1. The highest BCUT2D eigenvalue weighted by atomic mass is 19.4. The molecule has 1 N–H and O–H groups in total. The summed E-state index contributed by atoms with van der Waals surface area (Å²) in [6, 6.07) is 5.70. The van der Waals surface area contributed by atoms with Gasteiger partial charge in [0.15, 0.2) is 0 Å². The Bertz CT molecular complexity index is 590. The lowest BCUT2D eigenvalue weighted by Gasteiger charge is -2.05. The van der Waals surface area contributed by atoms with E-state index < -0.39 is 17.7 Å². The van der Waals surface area contributed by atoms with Crippen LogP contribution in [0.3, 0.4) is 0 Å². The van der Waals surface area contributed by atoms with Crippen molar-refractivity contribution in [3.63, 3.8) is 0 Å². The molecule has 0 spiro atoms. The lowest BCUT2D eigenvalue weighted by atomic mass is 10.2. The summed E-state index contributed by atoms with van der Waals surface area (Å²) in [4.78, 5) is 10.9. The number of alkyl halides is 3. The van der Waals surface area contributed by atoms with Crippen molar-refractivity contribution >= 4 is 5.97 Å². The van der Waals surface area contributed by atoms with Gasteiger partial charge in [0.2, 0.25) is 0 Å². The van der Waals surface area contributed by atoms with Gasteiger partial charge in [-0.1, -0.05) is 12.1 Å². The number of hydrogen-bond acceptors (Lipinski definition) is 2. The van der Waals surface area contributed by atoms with Crippen LogP contribution in [-0.4, -0.2) is 20.9 Å². The van der Waals surface area contributed by atoms with Crippen molar-refractivity contribution in [1.82, 2.24) is 9.78 Å². The van der Waals surface area contributed by atoms with Crippen LogP contribution in [0.2, 0.25) is 0 Å². The lowest BCUT2D eigenvalue weighted by molar-refractivity contribution is -0.137. The summed E-state index contributed by atoms with van der Waals surface area (Å²) in [5.41, 5.74) is -0.961. The molecule has 18 heavy (non-hydrogen) atoms. The molecule has 0 aliphatic carbocycles. The van der Waals surface area contributed by atoms with Gasteiger partial charge >= 0.3 is 12.1 Å². The van der Waals surface area contributed by atoms with E-state index in [-0.39, 0.29) is 11.3 Å². The molecule has 0 unspecified atom stereocenters. The molecule has 0 amide bonds. The van der Waals surface area contributed by atoms with E-state index in [4.69, 9.17) is 5.11 Å². The zero-order chi connectivity index (χ0) is 13.3. The molecule has 0 bridgehead atoms. The van der Waals surface area contributed by atoms with Crippen molar-refractivity contribution in [3.05, 3.63) is 47.8 Å². The highest BCUT2D eigenvalue weighted by molar-refractivity contribution is 5.91. The second-order valence-electron chi connectivity index (χ2n) is 3.49. The lowest BCUT2D eigenvalue weighted by Crippen LogP contribution is -2.06. The molecular formula is C11H7F3N2O2. The minimum Gasteiger partial charge on any atom is -0.478 e. The Balaban J connectivity index is 2.50. The molecule has 0 saturated carbocycles. The smallest absolute Gasteiger partial charge is 0.419 e. The molecule has 0 fully saturated rings. The Morgan fingerprint density at radius 3 is 2.50 bits per heavy atom. The van der Waals surface area contributed by atoms with E-state index in [1.54, 1.807) is 0 Å². The largest absolute Gasteiger partial charge is 0.478 e. The van der Waals surface area contributed by atoms with Crippen LogP contribution in [0.5, 0.6) is 0 Å². The van der Waals surface area contributed by atoms with Crippen molar-refractivity contribution in [2.24, 2.45) is 0 Å². The molecule has 0 radical (unpaired) electrons. The summed E-state index contributed by atoms with van der Waals surface area (Å²) in [6.45, 7) is 0. The van der Waals surface area contributed by atoms with Gasteiger partial charge in [-0.05, 0) is 12.1 Å². The van der Waals surface area contributed by atoms with E-state index in [2.05, 4.69) is 5.10 Å². The van der Waals surface area contributed by atoms with Crippen LogP contribution in [0.25, 0.3) is 5.69 Å². The quantitative estimate of drug-likeness (QED) is 0.898. The van der Waals surface area contributed by atoms with Gasteiger partial charge in [0.25, 0.3) is 0 Å². The van der Waals surface area contributed by atoms with Crippen LogP contribution in [0.1, 0.15) is 15.9 Å². The molecule has 2 aromatic rings. The maximum Gasteiger partial charge on any atom is 0.419 e. The number of hydrogen-bond donors (Lipinski definition) is 1. The summed E-state index contributed by atoms with van der Waals surface area (Å²) in [6.07, 6.45) is -3.10. The highest BCUT2D eigenvalue weighted by Gasteiger charge is 2.32. The molecule has 1 heterocycles. The van der Waals surface area contributed by atoms with Crippen molar-refractivity contribution in [1.29, 1.82) is 0 Å². The van der Waals surface area contributed by atoms with E-state index in [9.17, 15) is 18.0 Å². The first-order valence-electron chi connectivity index (χ1n) is 4.84. The fraction of sp³-hybridized carbons (Fsp3) is 0.0909. The third kappa shape index (κ3) is 2.20. The maximum atomic E-state index is 12.4. The number of aromatic nitrogens is 2. The van der Waals surface area contributed by atoms with E-state index in [0.717, 1.165) is 10.9 Å². The van der Waals surface area contributed by atoms with Crippen LogP contribution in [-0.2, 0) is 6.18 Å². The van der Waals surface area contributed by atoms with E-state index >= 15 is 0 Å². The van der Waals surface area contributed by atoms with Crippen molar-refractivity contribution in [2.45, 2.75) is 6.18 Å². The van der Waals surface area contributed by atoms with Gasteiger partial charge in [-0.3, -0.25) is 0 Å². The number of para-hydroxylation sites is 1. The first-order valence-corrected chi connectivity index (χ1v) is 4.84. The van der Waals surface area contributed by atoms with Crippen LogP contribution >= 0.6 is 0 Å². The number of nitrogens with zero attached hydrogens (tertiary/aromatic N) is 2. The standard InChI is InChI=1S/C11H7F3N2O2/c12-11(13,14)7-5-15-16(6-7)9-4-2-1-3-8(9)10(17)18/h1-6H,(H,17,18). The highest BCUT2D eigenvalue weighted by Crippen LogP contribution is 2.29. The molecule has 0 atom stereocenters. The number of benzene rings is 1. The van der Waals surface area contributed by atoms with E-state index in [0.29, 0.717) is 6.20 Å². The monoisotopic (exact) mass is 256 g/mol. The zero-order valence-corrected chi connectivity index (χ0v) is 8.85. The molecule has 0 aliphatic heterocycles. The number of carboxylic acids is 1. The molecule has 0 saturated heterocycles. The minimum atomic E-state index is -4.50. The number of aromatic carboxylic acids is 1. The molecular weight excluding hydrogens is 249 g/mol. The molecule has 2 rings (SSSR count). The topological polar surface area (TPSA) is 55.1 Å². The van der Waals surface area contributed by atoms with Gasteiger partial charge in [-0.2, -0.15) is 18.3 Å². The van der Waals surface area contributed by atoms with Gasteiger partial charge < -0.3 is 5.11 Å². The van der Waals surface area contributed by atoms with E-state index in [1.807, 2.05) is 0 Å². The van der Waals surface area contributed by atoms with E-state index in [1.165, 1.54) is 24.3 Å². The van der Waals surface area contributed by atoms with Gasteiger partial charge in [-0.15, -0.1) is 0 Å². The summed E-state index contributed by atoms with van der Waals surface area (Å²) in [5.74, 6) is -1.23. The van der Waals surface area contributed by atoms with Gasteiger partial charge in [-0.25, -0.2) is 9.48 Å². The molecule has 94 valence electrons. The predicted octanol–water partition coefficient (Wildman–Crippen LogP) is 2.59. The zero-order valence-electron chi connectivity index (χ0n) is 8.85. The predicted molar refractivity (Wildman–Crippen MR) is 55.5 cm³/mol. The van der Waals surface area contributed by atoms with Crippen molar-refractivity contribution < 1.29 is 23.1 Å². The maximum absolute atomic E-state index is 12.4. The molecule has 4 nitrogen and oxygen atoms in total. The summed E-state index contributed by atoms with van der Waals surface area (Å²) < 4.78 is 38.1. The number of halogens is 3. The van der Waals surface area contributed by atoms with Crippen molar-refractivity contribution in [3.8, 4) is 5.69 Å². The van der Waals surface area contributed by atoms with Crippen LogP contribution in [0, 0.1) is 0 Å². The Labute approximate surface area is 99.3 Å². The third-order valence-electron chi connectivity index (χ3n) is 2.29. The van der Waals surface area contributed by atoms with Gasteiger partial charge in [0, 0.05) is 6.20 Å². The van der Waals surface area contributed by atoms with Gasteiger partial charge in [0.1, 0.15) is 0 Å². The number of carbonyl (C=O) groups is 1. The molecule has 7 heteroatoms. The molecule has 1 aromatic heterocycles.